The Hall–Kier alpha value is -1.84. The molecule has 0 radical (unpaired) electrons. The Morgan fingerprint density at radius 1 is 1.64 bits per heavy atom. The van der Waals surface area contributed by atoms with E-state index in [-0.39, 0.29) is 12.3 Å². The molecular weight excluding hydrogens is 180 g/mol. The molecule has 1 heterocycles. The number of allylic oxidation sites excluding steroid dienone is 2. The van der Waals surface area contributed by atoms with Crippen molar-refractivity contribution in [3.05, 3.63) is 37.1 Å². The van der Waals surface area contributed by atoms with Crippen LogP contribution in [0.5, 0.6) is 0 Å². The van der Waals surface area contributed by atoms with E-state index >= 15 is 0 Å². The highest BCUT2D eigenvalue weighted by Gasteiger charge is 2.17. The maximum Gasteiger partial charge on any atom is 0.328 e. The van der Waals surface area contributed by atoms with Gasteiger partial charge in [0, 0.05) is 19.2 Å². The highest BCUT2D eigenvalue weighted by Crippen LogP contribution is 2.02. The van der Waals surface area contributed by atoms with E-state index < -0.39 is 6.03 Å². The molecule has 1 N–H and O–H groups in total. The summed E-state index contributed by atoms with van der Waals surface area (Å²) in [6, 6.07) is -0.421. The van der Waals surface area contributed by atoms with E-state index in [0.717, 1.165) is 4.90 Å². The minimum absolute atomic E-state index is 0.239. The quantitative estimate of drug-likeness (QED) is 0.668. The first-order chi connectivity index (χ1) is 6.75. The zero-order valence-corrected chi connectivity index (χ0v) is 7.77. The monoisotopic (exact) mass is 192 g/mol. The van der Waals surface area contributed by atoms with E-state index in [4.69, 9.17) is 0 Å². The summed E-state index contributed by atoms with van der Waals surface area (Å²) >= 11 is 0. The molecule has 0 aromatic heterocycles. The van der Waals surface area contributed by atoms with Gasteiger partial charge in [-0.25, -0.2) is 9.69 Å². The molecular formula is C10H12N2O2. The van der Waals surface area contributed by atoms with Crippen molar-refractivity contribution in [3.63, 3.8) is 0 Å². The van der Waals surface area contributed by atoms with Crippen LogP contribution in [0.4, 0.5) is 4.79 Å². The first kappa shape index (κ1) is 10.2. The van der Waals surface area contributed by atoms with Crippen molar-refractivity contribution in [2.45, 2.75) is 6.42 Å². The number of nitrogens with zero attached hydrogens (tertiary/aromatic N) is 1. The summed E-state index contributed by atoms with van der Waals surface area (Å²) in [6.45, 7) is 3.82. The van der Waals surface area contributed by atoms with Crippen molar-refractivity contribution in [2.75, 3.05) is 6.54 Å². The first-order valence-corrected chi connectivity index (χ1v) is 4.30. The third-order valence-corrected chi connectivity index (χ3v) is 1.66. The van der Waals surface area contributed by atoms with Gasteiger partial charge >= 0.3 is 6.03 Å². The number of amides is 3. The third-order valence-electron chi connectivity index (χ3n) is 1.66. The van der Waals surface area contributed by atoms with Gasteiger partial charge in [-0.1, -0.05) is 18.2 Å². The molecule has 0 aliphatic carbocycles. The van der Waals surface area contributed by atoms with Gasteiger partial charge in [-0.05, 0) is 6.08 Å². The van der Waals surface area contributed by atoms with Crippen molar-refractivity contribution in [1.29, 1.82) is 0 Å². The van der Waals surface area contributed by atoms with E-state index in [1.54, 1.807) is 24.3 Å². The fraction of sp³-hybridized carbons (Fsp3) is 0.200. The van der Waals surface area contributed by atoms with Crippen LogP contribution in [0, 0.1) is 0 Å². The molecule has 0 spiro atoms. The van der Waals surface area contributed by atoms with E-state index in [9.17, 15) is 9.59 Å². The predicted molar refractivity (Wildman–Crippen MR) is 53.3 cm³/mol. The summed E-state index contributed by atoms with van der Waals surface area (Å²) in [7, 11) is 0. The third kappa shape index (κ3) is 2.58. The van der Waals surface area contributed by atoms with Crippen molar-refractivity contribution in [2.24, 2.45) is 0 Å². The Morgan fingerprint density at radius 3 is 3.14 bits per heavy atom. The average molecular weight is 192 g/mol. The summed E-state index contributed by atoms with van der Waals surface area (Å²) in [4.78, 5) is 23.8. The highest BCUT2D eigenvalue weighted by atomic mass is 16.2. The number of nitrogens with one attached hydrogen (secondary N) is 1. The minimum atomic E-state index is -0.421. The number of carbonyl (C=O) groups excluding carboxylic acids is 2. The van der Waals surface area contributed by atoms with Gasteiger partial charge in [0.2, 0.25) is 5.91 Å². The lowest BCUT2D eigenvalue weighted by molar-refractivity contribution is -0.125. The molecule has 0 unspecified atom stereocenters. The van der Waals surface area contributed by atoms with Crippen LogP contribution in [0.25, 0.3) is 0 Å². The molecule has 1 aliphatic rings. The molecule has 1 rings (SSSR count). The van der Waals surface area contributed by atoms with Crippen molar-refractivity contribution >= 4 is 11.9 Å². The van der Waals surface area contributed by atoms with Gasteiger partial charge in [-0.15, -0.1) is 6.58 Å². The van der Waals surface area contributed by atoms with Crippen LogP contribution < -0.4 is 5.32 Å². The van der Waals surface area contributed by atoms with Crippen LogP contribution in [0.15, 0.2) is 37.1 Å². The van der Waals surface area contributed by atoms with Gasteiger partial charge in [0.05, 0.1) is 0 Å². The molecule has 3 amide bonds. The van der Waals surface area contributed by atoms with Gasteiger partial charge in [0.25, 0.3) is 0 Å². The van der Waals surface area contributed by atoms with Crippen LogP contribution in [0.2, 0.25) is 0 Å². The zero-order valence-electron chi connectivity index (χ0n) is 7.77. The molecule has 74 valence electrons. The molecule has 4 heteroatoms. The molecule has 1 aliphatic heterocycles. The van der Waals surface area contributed by atoms with Gasteiger partial charge in [-0.3, -0.25) is 4.79 Å². The molecule has 0 fully saturated rings. The molecule has 0 saturated heterocycles. The summed E-state index contributed by atoms with van der Waals surface area (Å²) in [5.74, 6) is -0.239. The van der Waals surface area contributed by atoms with Crippen LogP contribution >= 0.6 is 0 Å². The first-order valence-electron chi connectivity index (χ1n) is 4.30. The fourth-order valence-corrected chi connectivity index (χ4v) is 0.990. The lowest BCUT2D eigenvalue weighted by Crippen LogP contribution is -2.39. The van der Waals surface area contributed by atoms with Crippen LogP contribution in [-0.4, -0.2) is 23.4 Å². The smallest absolute Gasteiger partial charge is 0.328 e. The molecule has 14 heavy (non-hydrogen) atoms. The van der Waals surface area contributed by atoms with Crippen LogP contribution in [0.3, 0.4) is 0 Å². The lowest BCUT2D eigenvalue weighted by Gasteiger charge is -2.14. The van der Waals surface area contributed by atoms with Crippen molar-refractivity contribution < 1.29 is 9.59 Å². The lowest BCUT2D eigenvalue weighted by atomic mass is 10.3. The van der Waals surface area contributed by atoms with Gasteiger partial charge in [0.1, 0.15) is 0 Å². The molecule has 4 nitrogen and oxygen atoms in total. The molecule has 0 bridgehead atoms. The van der Waals surface area contributed by atoms with E-state index in [0.29, 0.717) is 6.54 Å². The van der Waals surface area contributed by atoms with E-state index in [1.165, 1.54) is 6.20 Å². The zero-order chi connectivity index (χ0) is 10.4. The van der Waals surface area contributed by atoms with Gasteiger partial charge in [0.15, 0.2) is 0 Å². The number of hydrogen-bond acceptors (Lipinski definition) is 2. The van der Waals surface area contributed by atoms with Gasteiger partial charge < -0.3 is 5.32 Å². The predicted octanol–water partition coefficient (Wildman–Crippen LogP) is 1.18. The van der Waals surface area contributed by atoms with Gasteiger partial charge in [-0.2, -0.15) is 0 Å². The second-order valence-electron chi connectivity index (χ2n) is 2.71. The number of rotatable bonds is 2. The Labute approximate surface area is 82.6 Å². The summed E-state index contributed by atoms with van der Waals surface area (Å²) in [5.41, 5.74) is 0. The Bertz CT molecular complexity index is 305. The van der Waals surface area contributed by atoms with E-state index in [1.807, 2.05) is 0 Å². The number of carbonyl (C=O) groups is 2. The molecule has 0 aromatic carbocycles. The normalized spacial score (nSPS) is 15.1. The summed E-state index contributed by atoms with van der Waals surface area (Å²) in [5, 5.41) is 2.53. The maximum absolute atomic E-state index is 11.4. The summed E-state index contributed by atoms with van der Waals surface area (Å²) < 4.78 is 0. The second kappa shape index (κ2) is 5.01. The van der Waals surface area contributed by atoms with Crippen LogP contribution in [-0.2, 0) is 4.79 Å². The Balaban J connectivity index is 2.61. The topological polar surface area (TPSA) is 49.4 Å². The minimum Gasteiger partial charge on any atom is -0.334 e. The maximum atomic E-state index is 11.4. The summed E-state index contributed by atoms with van der Waals surface area (Å²) in [6.07, 6.45) is 8.34. The van der Waals surface area contributed by atoms with Crippen molar-refractivity contribution in [3.8, 4) is 0 Å². The number of urea groups is 1. The fourth-order valence-electron chi connectivity index (χ4n) is 0.990. The number of hydrogen-bond donors (Lipinski definition) is 1. The largest absolute Gasteiger partial charge is 0.334 e. The SMILES string of the molecule is C=CCNC(=O)N1C=CC=CCC1=O. The second-order valence-corrected chi connectivity index (χ2v) is 2.71. The molecule has 0 saturated carbocycles. The van der Waals surface area contributed by atoms with Crippen LogP contribution in [0.1, 0.15) is 6.42 Å². The standard InChI is InChI=1S/C10H12N2O2/c1-2-7-11-10(14)12-8-5-3-4-6-9(12)13/h2-5,8H,1,6-7H2,(H,11,14). The Morgan fingerprint density at radius 2 is 2.43 bits per heavy atom. The molecule has 0 aromatic rings. The Kier molecular flexibility index (Phi) is 3.67. The highest BCUT2D eigenvalue weighted by molar-refractivity contribution is 5.96. The van der Waals surface area contributed by atoms with E-state index in [2.05, 4.69) is 11.9 Å². The molecule has 0 atom stereocenters. The average Bonchev–Trinajstić information content (AvgIpc) is 2.39. The van der Waals surface area contributed by atoms with Crippen molar-refractivity contribution in [1.82, 2.24) is 10.2 Å². The number of imide groups is 1.